The molecule has 1 heteroatoms. The van der Waals surface area contributed by atoms with Gasteiger partial charge in [-0.15, -0.1) is 0 Å². The van der Waals surface area contributed by atoms with Crippen LogP contribution in [-0.4, -0.2) is 5.78 Å². The van der Waals surface area contributed by atoms with Gasteiger partial charge in [-0.2, -0.15) is 0 Å². The molecule has 0 spiro atoms. The molecule has 0 bridgehead atoms. The van der Waals surface area contributed by atoms with Crippen molar-refractivity contribution < 1.29 is 4.79 Å². The molecule has 1 aliphatic rings. The number of allylic oxidation sites excluding steroid dienone is 2. The summed E-state index contributed by atoms with van der Waals surface area (Å²) in [5.74, 6) is 1.02. The van der Waals surface area contributed by atoms with E-state index in [1.165, 1.54) is 11.1 Å². The summed E-state index contributed by atoms with van der Waals surface area (Å²) < 4.78 is 0. The van der Waals surface area contributed by atoms with Crippen LogP contribution in [0.1, 0.15) is 33.6 Å². The molecule has 0 aromatic heterocycles. The molecule has 0 aromatic rings. The summed E-state index contributed by atoms with van der Waals surface area (Å²) in [4.78, 5) is 10.7. The first-order valence-electron chi connectivity index (χ1n) is 3.79. The normalized spacial score (nSPS) is 24.5. The second-order valence-corrected chi connectivity index (χ2v) is 3.27. The van der Waals surface area contributed by atoms with Crippen LogP contribution in [0.3, 0.4) is 0 Å². The Balaban J connectivity index is 2.53. The summed E-state index contributed by atoms with van der Waals surface area (Å²) >= 11 is 0. The summed E-state index contributed by atoms with van der Waals surface area (Å²) in [6, 6.07) is 0. The van der Waals surface area contributed by atoms with Gasteiger partial charge in [0, 0.05) is 6.42 Å². The standard InChI is InChI=1S/C9H14O/c1-6-4-9(8(6)3)5-7(2)10/h6H,4-5H2,1-3H3. The number of hydrogen-bond donors (Lipinski definition) is 0. The third-order valence-corrected chi connectivity index (χ3v) is 2.31. The van der Waals surface area contributed by atoms with E-state index in [-0.39, 0.29) is 0 Å². The lowest BCUT2D eigenvalue weighted by atomic mass is 9.78. The highest BCUT2D eigenvalue weighted by Gasteiger charge is 2.21. The van der Waals surface area contributed by atoms with E-state index in [1.54, 1.807) is 6.92 Å². The SMILES string of the molecule is CC(=O)CC1=C(C)C(C)C1. The molecule has 0 radical (unpaired) electrons. The van der Waals surface area contributed by atoms with Crippen molar-refractivity contribution in [2.45, 2.75) is 33.6 Å². The van der Waals surface area contributed by atoms with Gasteiger partial charge in [0.05, 0.1) is 0 Å². The lowest BCUT2D eigenvalue weighted by Gasteiger charge is -2.27. The van der Waals surface area contributed by atoms with Gasteiger partial charge in [-0.25, -0.2) is 0 Å². The maximum absolute atomic E-state index is 10.7. The van der Waals surface area contributed by atoms with Crippen molar-refractivity contribution in [3.05, 3.63) is 11.1 Å². The Morgan fingerprint density at radius 3 is 2.60 bits per heavy atom. The van der Waals surface area contributed by atoms with Crippen molar-refractivity contribution in [3.63, 3.8) is 0 Å². The Morgan fingerprint density at radius 1 is 1.70 bits per heavy atom. The number of rotatable bonds is 2. The van der Waals surface area contributed by atoms with Gasteiger partial charge in [0.25, 0.3) is 0 Å². The summed E-state index contributed by atoms with van der Waals surface area (Å²) in [6.45, 7) is 5.99. The Kier molecular flexibility index (Phi) is 1.93. The van der Waals surface area contributed by atoms with Crippen LogP contribution in [0.2, 0.25) is 0 Å². The van der Waals surface area contributed by atoms with Crippen molar-refractivity contribution in [2.24, 2.45) is 5.92 Å². The molecule has 1 atom stereocenters. The van der Waals surface area contributed by atoms with Crippen LogP contribution in [0.5, 0.6) is 0 Å². The third kappa shape index (κ3) is 1.28. The zero-order valence-corrected chi connectivity index (χ0v) is 6.90. The van der Waals surface area contributed by atoms with Crippen molar-refractivity contribution >= 4 is 5.78 Å². The molecule has 0 saturated carbocycles. The molecule has 0 amide bonds. The Morgan fingerprint density at radius 2 is 2.30 bits per heavy atom. The van der Waals surface area contributed by atoms with E-state index in [9.17, 15) is 4.79 Å². The second-order valence-electron chi connectivity index (χ2n) is 3.27. The lowest BCUT2D eigenvalue weighted by Crippen LogP contribution is -2.14. The van der Waals surface area contributed by atoms with Crippen LogP contribution >= 0.6 is 0 Å². The van der Waals surface area contributed by atoms with Gasteiger partial charge in [-0.05, 0) is 26.2 Å². The second kappa shape index (κ2) is 2.57. The first-order valence-corrected chi connectivity index (χ1v) is 3.79. The van der Waals surface area contributed by atoms with Crippen molar-refractivity contribution in [2.75, 3.05) is 0 Å². The molecule has 0 aromatic carbocycles. The molecule has 0 fully saturated rings. The fourth-order valence-corrected chi connectivity index (χ4v) is 1.41. The highest BCUT2D eigenvalue weighted by atomic mass is 16.1. The molecule has 0 aliphatic heterocycles. The molecule has 1 nitrogen and oxygen atoms in total. The molecule has 1 aliphatic carbocycles. The highest BCUT2D eigenvalue weighted by Crippen LogP contribution is 2.35. The average Bonchev–Trinajstić information content (AvgIpc) is 1.86. The summed E-state index contributed by atoms with van der Waals surface area (Å²) in [5, 5.41) is 0. The van der Waals surface area contributed by atoms with Crippen LogP contribution in [0, 0.1) is 5.92 Å². The minimum Gasteiger partial charge on any atom is -0.300 e. The van der Waals surface area contributed by atoms with Crippen LogP contribution in [0.4, 0.5) is 0 Å². The first kappa shape index (κ1) is 7.52. The molecule has 0 N–H and O–H groups in total. The van der Waals surface area contributed by atoms with Crippen LogP contribution < -0.4 is 0 Å². The molecule has 0 heterocycles. The van der Waals surface area contributed by atoms with E-state index in [0.717, 1.165) is 12.3 Å². The van der Waals surface area contributed by atoms with E-state index >= 15 is 0 Å². The number of hydrogen-bond acceptors (Lipinski definition) is 1. The number of carbonyl (C=O) groups excluding carboxylic acids is 1. The van der Waals surface area contributed by atoms with Gasteiger partial charge in [-0.1, -0.05) is 18.1 Å². The summed E-state index contributed by atoms with van der Waals surface area (Å²) in [5.41, 5.74) is 2.82. The lowest BCUT2D eigenvalue weighted by molar-refractivity contribution is -0.116. The average molecular weight is 138 g/mol. The smallest absolute Gasteiger partial charge is 0.133 e. The molecular formula is C9H14O. The Bertz CT molecular complexity index is 189. The van der Waals surface area contributed by atoms with Crippen LogP contribution in [-0.2, 0) is 4.79 Å². The first-order chi connectivity index (χ1) is 4.61. The van der Waals surface area contributed by atoms with E-state index in [1.807, 2.05) is 0 Å². The van der Waals surface area contributed by atoms with Crippen LogP contribution in [0.15, 0.2) is 11.1 Å². The molecule has 56 valence electrons. The van der Waals surface area contributed by atoms with E-state index in [2.05, 4.69) is 13.8 Å². The fourth-order valence-electron chi connectivity index (χ4n) is 1.41. The van der Waals surface area contributed by atoms with E-state index in [0.29, 0.717) is 12.2 Å². The zero-order valence-electron chi connectivity index (χ0n) is 6.90. The number of carbonyl (C=O) groups is 1. The largest absolute Gasteiger partial charge is 0.300 e. The van der Waals surface area contributed by atoms with Gasteiger partial charge >= 0.3 is 0 Å². The van der Waals surface area contributed by atoms with E-state index < -0.39 is 0 Å². The van der Waals surface area contributed by atoms with Gasteiger partial charge in [0.15, 0.2) is 0 Å². The predicted molar refractivity (Wildman–Crippen MR) is 41.8 cm³/mol. The number of Topliss-reactive ketones (excluding diaryl/α,β-unsaturated/α-hetero) is 1. The van der Waals surface area contributed by atoms with Gasteiger partial charge in [0.1, 0.15) is 5.78 Å². The molecule has 1 rings (SSSR count). The minimum atomic E-state index is 0.293. The molecule has 1 unspecified atom stereocenters. The van der Waals surface area contributed by atoms with Crippen molar-refractivity contribution in [3.8, 4) is 0 Å². The monoisotopic (exact) mass is 138 g/mol. The summed E-state index contributed by atoms with van der Waals surface area (Å²) in [7, 11) is 0. The maximum Gasteiger partial charge on any atom is 0.133 e. The topological polar surface area (TPSA) is 17.1 Å². The Labute approximate surface area is 62.1 Å². The molecular weight excluding hydrogens is 124 g/mol. The fraction of sp³-hybridized carbons (Fsp3) is 0.667. The molecule has 0 saturated heterocycles. The predicted octanol–water partition coefficient (Wildman–Crippen LogP) is 2.32. The number of ketones is 1. The highest BCUT2D eigenvalue weighted by molar-refractivity contribution is 5.78. The molecule has 10 heavy (non-hydrogen) atoms. The van der Waals surface area contributed by atoms with Gasteiger partial charge in [-0.3, -0.25) is 4.79 Å². The van der Waals surface area contributed by atoms with E-state index in [4.69, 9.17) is 0 Å². The van der Waals surface area contributed by atoms with Crippen molar-refractivity contribution in [1.29, 1.82) is 0 Å². The van der Waals surface area contributed by atoms with Crippen molar-refractivity contribution in [1.82, 2.24) is 0 Å². The Hall–Kier alpha value is -0.590. The van der Waals surface area contributed by atoms with Gasteiger partial charge in [0.2, 0.25) is 0 Å². The summed E-state index contributed by atoms with van der Waals surface area (Å²) in [6.07, 6.45) is 1.83. The minimum absolute atomic E-state index is 0.293. The van der Waals surface area contributed by atoms with Gasteiger partial charge < -0.3 is 0 Å². The quantitative estimate of drug-likeness (QED) is 0.535. The maximum atomic E-state index is 10.7. The third-order valence-electron chi connectivity index (χ3n) is 2.31. The van der Waals surface area contributed by atoms with Crippen LogP contribution in [0.25, 0.3) is 0 Å². The zero-order chi connectivity index (χ0) is 7.72.